The highest BCUT2D eigenvalue weighted by molar-refractivity contribution is 5.79. The van der Waals surface area contributed by atoms with E-state index in [1.807, 2.05) is 28.6 Å². The lowest BCUT2D eigenvalue weighted by Gasteiger charge is -2.43. The number of imidazole rings is 1. The number of nitrogens with zero attached hydrogens (tertiary/aromatic N) is 2. The van der Waals surface area contributed by atoms with Crippen molar-refractivity contribution in [1.29, 1.82) is 5.41 Å². The van der Waals surface area contributed by atoms with Crippen LogP contribution >= 0.6 is 0 Å². The van der Waals surface area contributed by atoms with Gasteiger partial charge >= 0.3 is 0 Å². The van der Waals surface area contributed by atoms with E-state index in [1.165, 1.54) is 19.3 Å². The van der Waals surface area contributed by atoms with Crippen LogP contribution in [-0.4, -0.2) is 39.8 Å². The third kappa shape index (κ3) is 5.92. The van der Waals surface area contributed by atoms with Crippen LogP contribution in [0.15, 0.2) is 12.4 Å². The van der Waals surface area contributed by atoms with Crippen molar-refractivity contribution in [3.05, 3.63) is 18.0 Å². The van der Waals surface area contributed by atoms with Crippen LogP contribution in [0, 0.1) is 46.8 Å². The number of rotatable bonds is 7. The highest BCUT2D eigenvalue weighted by Gasteiger charge is 2.43. The van der Waals surface area contributed by atoms with Crippen LogP contribution in [0.3, 0.4) is 0 Å². The molecule has 3 saturated carbocycles. The lowest BCUT2D eigenvalue weighted by Crippen LogP contribution is -2.55. The number of hydrogen-bond acceptors (Lipinski definition) is 3. The van der Waals surface area contributed by atoms with Gasteiger partial charge in [-0.25, -0.2) is 4.39 Å². The van der Waals surface area contributed by atoms with Gasteiger partial charge in [-0.1, -0.05) is 13.8 Å². The molecule has 6 nitrogen and oxygen atoms in total. The molecule has 0 spiro atoms. The van der Waals surface area contributed by atoms with Crippen molar-refractivity contribution in [3.8, 4) is 0 Å². The predicted molar refractivity (Wildman–Crippen MR) is 140 cm³/mol. The van der Waals surface area contributed by atoms with E-state index in [0.29, 0.717) is 60.0 Å². The number of halogens is 1. The highest BCUT2D eigenvalue weighted by Crippen LogP contribution is 2.46. The molecule has 2 heterocycles. The zero-order valence-corrected chi connectivity index (χ0v) is 22.6. The van der Waals surface area contributed by atoms with Crippen LogP contribution in [0.4, 0.5) is 4.39 Å². The van der Waals surface area contributed by atoms with Gasteiger partial charge < -0.3 is 19.8 Å². The molecule has 0 aromatic carbocycles. The maximum Gasteiger partial charge on any atom is 0.223 e. The summed E-state index contributed by atoms with van der Waals surface area (Å²) >= 11 is 0. The molecule has 9 atom stereocenters. The van der Waals surface area contributed by atoms with Crippen molar-refractivity contribution < 1.29 is 9.18 Å². The Bertz CT molecular complexity index is 954. The molecule has 0 bridgehead atoms. The predicted octanol–water partition coefficient (Wildman–Crippen LogP) is 4.40. The maximum atomic E-state index is 14.1. The molecular formula is C29H48FN5O. The van der Waals surface area contributed by atoms with Crippen LogP contribution in [0.25, 0.3) is 0 Å². The van der Waals surface area contributed by atoms with E-state index in [0.717, 1.165) is 45.2 Å². The van der Waals surface area contributed by atoms with Gasteiger partial charge in [0.25, 0.3) is 0 Å². The van der Waals surface area contributed by atoms with Crippen molar-refractivity contribution in [3.63, 3.8) is 0 Å². The summed E-state index contributed by atoms with van der Waals surface area (Å²) in [5, 5.41) is 15.7. The number of carbonyl (C=O) groups is 1. The fourth-order valence-corrected chi connectivity index (χ4v) is 7.91. The van der Waals surface area contributed by atoms with Gasteiger partial charge in [-0.05, 0) is 106 Å². The SMILES string of the molecule is CC1CCNC(C(NC(=O)C2CC(Cn3ccn(C)c3=N)CC(C3CCC(F)CC3C)C2)C2CC2)C1. The third-order valence-electron chi connectivity index (χ3n) is 10.1. The summed E-state index contributed by atoms with van der Waals surface area (Å²) in [5.74, 6) is 3.33. The van der Waals surface area contributed by atoms with Crippen molar-refractivity contribution in [2.45, 2.75) is 103 Å². The summed E-state index contributed by atoms with van der Waals surface area (Å²) in [6, 6.07) is 0.648. The van der Waals surface area contributed by atoms with Crippen LogP contribution < -0.4 is 16.3 Å². The molecule has 7 heteroatoms. The first-order chi connectivity index (χ1) is 17.3. The molecule has 3 aliphatic carbocycles. The van der Waals surface area contributed by atoms with Crippen molar-refractivity contribution >= 4 is 5.91 Å². The van der Waals surface area contributed by atoms with E-state index < -0.39 is 6.17 Å². The van der Waals surface area contributed by atoms with E-state index in [4.69, 9.17) is 5.41 Å². The number of hydrogen-bond donors (Lipinski definition) is 3. The molecule has 1 saturated heterocycles. The smallest absolute Gasteiger partial charge is 0.223 e. The fraction of sp³-hybridized carbons (Fsp3) is 0.862. The van der Waals surface area contributed by atoms with E-state index in [1.54, 1.807) is 0 Å². The minimum atomic E-state index is -0.662. The molecule has 0 radical (unpaired) electrons. The Morgan fingerprint density at radius 1 is 1.11 bits per heavy atom. The van der Waals surface area contributed by atoms with Gasteiger partial charge in [0, 0.05) is 44.0 Å². The molecule has 4 fully saturated rings. The second-order valence-electron chi connectivity index (χ2n) is 13.0. The van der Waals surface area contributed by atoms with Crippen LogP contribution in [0.2, 0.25) is 0 Å². The van der Waals surface area contributed by atoms with Crippen molar-refractivity contribution in [2.75, 3.05) is 6.54 Å². The monoisotopic (exact) mass is 501 g/mol. The second kappa shape index (κ2) is 11.0. The number of piperidine rings is 1. The molecule has 9 unspecified atom stereocenters. The Hall–Kier alpha value is -1.63. The third-order valence-corrected chi connectivity index (χ3v) is 10.1. The molecule has 1 aromatic rings. The topological polar surface area (TPSA) is 74.8 Å². The van der Waals surface area contributed by atoms with Gasteiger partial charge in [0.2, 0.25) is 11.5 Å². The Morgan fingerprint density at radius 3 is 2.58 bits per heavy atom. The van der Waals surface area contributed by atoms with E-state index in [9.17, 15) is 9.18 Å². The van der Waals surface area contributed by atoms with Gasteiger partial charge in [-0.2, -0.15) is 0 Å². The summed E-state index contributed by atoms with van der Waals surface area (Å²) in [5.41, 5.74) is 0.510. The number of aromatic nitrogens is 2. The number of aryl methyl sites for hydroxylation is 1. The zero-order valence-electron chi connectivity index (χ0n) is 22.6. The van der Waals surface area contributed by atoms with Crippen LogP contribution in [0.5, 0.6) is 0 Å². The average Bonchev–Trinajstić information content (AvgIpc) is 3.64. The number of alkyl halides is 1. The lowest BCUT2D eigenvalue weighted by molar-refractivity contribution is -0.129. The van der Waals surface area contributed by atoms with Gasteiger partial charge in [-0.3, -0.25) is 10.2 Å². The number of carbonyl (C=O) groups excluding carboxylic acids is 1. The molecule has 202 valence electrons. The molecule has 36 heavy (non-hydrogen) atoms. The Balaban J connectivity index is 1.31. The zero-order chi connectivity index (χ0) is 25.4. The molecule has 5 rings (SSSR count). The Morgan fingerprint density at radius 2 is 1.92 bits per heavy atom. The quantitative estimate of drug-likeness (QED) is 0.518. The summed E-state index contributed by atoms with van der Waals surface area (Å²) in [7, 11) is 1.91. The molecule has 1 aliphatic heterocycles. The minimum absolute atomic E-state index is 0.0183. The van der Waals surface area contributed by atoms with E-state index >= 15 is 0 Å². The summed E-state index contributed by atoms with van der Waals surface area (Å²) < 4.78 is 18.0. The summed E-state index contributed by atoms with van der Waals surface area (Å²) in [6.07, 6.45) is 13.3. The van der Waals surface area contributed by atoms with E-state index in [-0.39, 0.29) is 17.9 Å². The first-order valence-electron chi connectivity index (χ1n) is 14.7. The highest BCUT2D eigenvalue weighted by atomic mass is 19.1. The second-order valence-corrected chi connectivity index (χ2v) is 13.0. The maximum absolute atomic E-state index is 14.1. The number of nitrogens with one attached hydrogen (secondary N) is 3. The Kier molecular flexibility index (Phi) is 7.95. The Labute approximate surface area is 216 Å². The first kappa shape index (κ1) is 26.0. The minimum Gasteiger partial charge on any atom is -0.351 e. The van der Waals surface area contributed by atoms with Gasteiger partial charge in [0.1, 0.15) is 6.17 Å². The fourth-order valence-electron chi connectivity index (χ4n) is 7.91. The molecule has 1 amide bonds. The lowest BCUT2D eigenvalue weighted by atomic mass is 9.63. The van der Waals surface area contributed by atoms with Crippen molar-refractivity contribution in [1.82, 2.24) is 19.8 Å². The molecule has 3 N–H and O–H groups in total. The van der Waals surface area contributed by atoms with Crippen molar-refractivity contribution in [2.24, 2.45) is 48.5 Å². The molecule has 1 aromatic heterocycles. The number of amides is 1. The normalized spacial score (nSPS) is 38.4. The van der Waals surface area contributed by atoms with Crippen LogP contribution in [-0.2, 0) is 18.4 Å². The largest absolute Gasteiger partial charge is 0.351 e. The molecule has 4 aliphatic rings. The summed E-state index contributed by atoms with van der Waals surface area (Å²) in [4.78, 5) is 13.8. The first-order valence-corrected chi connectivity index (χ1v) is 14.7. The van der Waals surface area contributed by atoms with Gasteiger partial charge in [0.15, 0.2) is 0 Å². The van der Waals surface area contributed by atoms with Crippen LogP contribution in [0.1, 0.15) is 78.1 Å². The standard InChI is InChI=1S/C29H48FN5O/c1-18-8-9-32-26(12-18)27(21-4-5-21)33-28(36)23-15-20(17-35-11-10-34(3)29(35)31)14-22(16-23)25-7-6-24(30)13-19(25)2/h10-11,18-27,31-32H,4-9,12-17H2,1-3H3,(H,33,36). The van der Waals surface area contributed by atoms with Gasteiger partial charge in [-0.15, -0.1) is 0 Å². The molecular weight excluding hydrogens is 453 g/mol. The van der Waals surface area contributed by atoms with Gasteiger partial charge in [0.05, 0.1) is 0 Å². The summed E-state index contributed by atoms with van der Waals surface area (Å²) in [6.45, 7) is 6.41. The van der Waals surface area contributed by atoms with E-state index in [2.05, 4.69) is 24.5 Å². The average molecular weight is 502 g/mol.